The maximum atomic E-state index is 14.9. The fourth-order valence-corrected chi connectivity index (χ4v) is 7.83. The molecular formula is C42H58N6O7S. The van der Waals surface area contributed by atoms with E-state index in [-0.39, 0.29) is 30.4 Å². The van der Waals surface area contributed by atoms with E-state index in [2.05, 4.69) is 20.9 Å². The molecule has 1 aliphatic heterocycles. The smallest absolute Gasteiger partial charge is 0.271 e. The van der Waals surface area contributed by atoms with Gasteiger partial charge in [-0.3, -0.25) is 24.0 Å². The molecule has 14 heteroatoms. The largest absolute Gasteiger partial charge is 0.497 e. The highest BCUT2D eigenvalue weighted by molar-refractivity contribution is 7.09. The molecule has 6 atom stereocenters. The van der Waals surface area contributed by atoms with Crippen molar-refractivity contribution >= 4 is 40.9 Å². The number of hydrogen-bond donors (Lipinski definition) is 3. The van der Waals surface area contributed by atoms with Gasteiger partial charge < -0.3 is 35.2 Å². The lowest BCUT2D eigenvalue weighted by molar-refractivity contribution is -0.149. The first kappa shape index (κ1) is 43.7. The predicted octanol–water partition coefficient (Wildman–Crippen LogP) is 4.80. The van der Waals surface area contributed by atoms with Crippen LogP contribution >= 0.6 is 11.3 Å². The molecule has 0 aliphatic carbocycles. The van der Waals surface area contributed by atoms with Gasteiger partial charge in [0.05, 0.1) is 26.2 Å². The summed E-state index contributed by atoms with van der Waals surface area (Å²) in [6.45, 7) is 11.3. The number of likely N-dealkylation sites (N-methyl/N-ethyl adjacent to an activating group) is 2. The van der Waals surface area contributed by atoms with Crippen LogP contribution in [0.1, 0.15) is 87.0 Å². The van der Waals surface area contributed by atoms with Crippen LogP contribution in [0, 0.1) is 17.8 Å². The lowest BCUT2D eigenvalue weighted by Gasteiger charge is -2.37. The summed E-state index contributed by atoms with van der Waals surface area (Å²) in [5.41, 5.74) is 1.73. The summed E-state index contributed by atoms with van der Waals surface area (Å²) in [5, 5.41) is 11.3. The number of rotatable bonds is 10. The number of nitrogens with one attached hydrogen (secondary N) is 3. The van der Waals surface area contributed by atoms with Crippen LogP contribution in [0.5, 0.6) is 11.5 Å². The number of ether oxygens (including phenoxy) is 2. The van der Waals surface area contributed by atoms with E-state index < -0.39 is 65.7 Å². The Balaban J connectivity index is 1.87. The number of aromatic nitrogens is 1. The summed E-state index contributed by atoms with van der Waals surface area (Å²) < 4.78 is 10.7. The van der Waals surface area contributed by atoms with Gasteiger partial charge in [0.15, 0.2) is 0 Å². The van der Waals surface area contributed by atoms with Crippen LogP contribution < -0.4 is 25.4 Å². The Morgan fingerprint density at radius 1 is 0.714 bits per heavy atom. The number of benzene rings is 2. The van der Waals surface area contributed by atoms with Gasteiger partial charge in [0, 0.05) is 38.4 Å². The van der Waals surface area contributed by atoms with Crippen molar-refractivity contribution in [2.24, 2.45) is 17.8 Å². The van der Waals surface area contributed by atoms with Crippen LogP contribution in [0.15, 0.2) is 53.9 Å². The Bertz CT molecular complexity index is 1810. The number of carbonyl (C=O) groups excluding carboxylic acids is 5. The highest BCUT2D eigenvalue weighted by Gasteiger charge is 2.40. The minimum absolute atomic E-state index is 0.128. The first-order chi connectivity index (χ1) is 26.6. The van der Waals surface area contributed by atoms with E-state index in [0.29, 0.717) is 29.3 Å². The molecule has 1 aliphatic rings. The summed E-state index contributed by atoms with van der Waals surface area (Å²) in [4.78, 5) is 79.0. The third-order valence-corrected chi connectivity index (χ3v) is 11.5. The van der Waals surface area contributed by atoms with Gasteiger partial charge in [-0.15, -0.1) is 11.3 Å². The molecule has 5 amide bonds. The maximum Gasteiger partial charge on any atom is 0.271 e. The molecule has 0 radical (unpaired) electrons. The first-order valence-electron chi connectivity index (χ1n) is 19.3. The van der Waals surface area contributed by atoms with E-state index in [9.17, 15) is 24.0 Å². The van der Waals surface area contributed by atoms with Crippen LogP contribution in [0.3, 0.4) is 0 Å². The summed E-state index contributed by atoms with van der Waals surface area (Å²) >= 11 is 1.26. The molecule has 3 N–H and O–H groups in total. The molecule has 1 aromatic heterocycles. The number of thiazole rings is 1. The van der Waals surface area contributed by atoms with Crippen molar-refractivity contribution in [1.29, 1.82) is 0 Å². The second-order valence-electron chi connectivity index (χ2n) is 15.2. The molecule has 4 rings (SSSR count). The van der Waals surface area contributed by atoms with Crippen molar-refractivity contribution in [3.63, 3.8) is 0 Å². The lowest BCUT2D eigenvalue weighted by atomic mass is 9.94. The van der Waals surface area contributed by atoms with E-state index in [1.807, 2.05) is 58.9 Å². The molecule has 2 bridgehead atoms. The Labute approximate surface area is 334 Å². The monoisotopic (exact) mass is 790 g/mol. The standard InChI is InChI=1S/C42H58N6O7S/c1-11-12-31-26(6)37(49)46-36(25(4)5)42(53)48(8)34(22-28-15-19-30(55-10)20-16-28)41(52)47(7)33(21-27-13-17-29(54-9)18-14-27)39(51)45-35(24(2)3)40-44-32(23-56-40)38(50)43-31/h13-20,23-26,31,33-36H,11-12,21-22H2,1-10H3,(H,43,50)(H,45,51)(H,46,49)/t26-,31+,33+,34-,35-,36-/m0/s1. The first-order valence-corrected chi connectivity index (χ1v) is 20.1. The van der Waals surface area contributed by atoms with Crippen molar-refractivity contribution in [3.8, 4) is 11.5 Å². The second kappa shape index (κ2) is 19.7. The molecule has 2 heterocycles. The van der Waals surface area contributed by atoms with Crippen molar-refractivity contribution in [2.75, 3.05) is 28.3 Å². The number of fused-ring (bicyclic) bond motifs is 2. The molecule has 2 aromatic carbocycles. The minimum atomic E-state index is -1.06. The summed E-state index contributed by atoms with van der Waals surface area (Å²) in [7, 11) is 6.27. The average molecular weight is 791 g/mol. The number of methoxy groups -OCH3 is 2. The molecule has 13 nitrogen and oxygen atoms in total. The molecule has 0 fully saturated rings. The maximum absolute atomic E-state index is 14.9. The fourth-order valence-electron chi connectivity index (χ4n) is 6.81. The van der Waals surface area contributed by atoms with E-state index in [0.717, 1.165) is 11.1 Å². The highest BCUT2D eigenvalue weighted by Crippen LogP contribution is 2.27. The molecule has 0 spiro atoms. The number of amides is 5. The van der Waals surface area contributed by atoms with Gasteiger partial charge in [-0.25, -0.2) is 4.98 Å². The van der Waals surface area contributed by atoms with Crippen molar-refractivity contribution in [2.45, 2.75) is 97.4 Å². The zero-order valence-electron chi connectivity index (χ0n) is 34.3. The third-order valence-electron chi connectivity index (χ3n) is 10.5. The van der Waals surface area contributed by atoms with Gasteiger partial charge >= 0.3 is 0 Å². The Kier molecular flexibility index (Phi) is 15.4. The van der Waals surface area contributed by atoms with E-state index in [1.165, 1.54) is 21.1 Å². The number of nitrogens with zero attached hydrogens (tertiary/aromatic N) is 3. The van der Waals surface area contributed by atoms with Crippen molar-refractivity contribution in [1.82, 2.24) is 30.7 Å². The second-order valence-corrected chi connectivity index (χ2v) is 16.1. The lowest BCUT2D eigenvalue weighted by Crippen LogP contribution is -2.60. The van der Waals surface area contributed by atoms with Gasteiger partial charge in [0.25, 0.3) is 5.91 Å². The summed E-state index contributed by atoms with van der Waals surface area (Å²) in [5.74, 6) is -2.05. The van der Waals surface area contributed by atoms with Gasteiger partial charge in [0.1, 0.15) is 40.3 Å². The van der Waals surface area contributed by atoms with Gasteiger partial charge in [-0.05, 0) is 53.6 Å². The molecule has 0 saturated heterocycles. The van der Waals surface area contributed by atoms with E-state index in [4.69, 9.17) is 9.47 Å². The quantitative estimate of drug-likeness (QED) is 0.264. The van der Waals surface area contributed by atoms with E-state index in [1.54, 1.807) is 64.9 Å². The predicted molar refractivity (Wildman–Crippen MR) is 216 cm³/mol. The van der Waals surface area contributed by atoms with Crippen LogP contribution in [0.25, 0.3) is 0 Å². The average Bonchev–Trinajstić information content (AvgIpc) is 3.68. The van der Waals surface area contributed by atoms with Gasteiger partial charge in [-0.1, -0.05) is 72.2 Å². The molecule has 0 unspecified atom stereocenters. The normalized spacial score (nSPS) is 23.2. The summed E-state index contributed by atoms with van der Waals surface area (Å²) in [6, 6.07) is 10.3. The third kappa shape index (κ3) is 10.7. The summed E-state index contributed by atoms with van der Waals surface area (Å²) in [6.07, 6.45) is 1.50. The fraction of sp³-hybridized carbons (Fsp3) is 0.524. The van der Waals surface area contributed by atoms with Crippen LogP contribution in [0.4, 0.5) is 0 Å². The van der Waals surface area contributed by atoms with Gasteiger partial charge in [-0.2, -0.15) is 0 Å². The van der Waals surface area contributed by atoms with E-state index >= 15 is 0 Å². The number of carbonyl (C=O) groups is 5. The SMILES string of the molecule is CCC[C@H]1NC(=O)c2csc(n2)[C@H](C(C)C)NC(=O)[C@@H](Cc2ccc(OC)cc2)N(C)C(=O)[C@H](Cc2ccc(OC)cc2)N(C)C(=O)[C@H](C(C)C)NC(=O)[C@H]1C. The highest BCUT2D eigenvalue weighted by atomic mass is 32.1. The molecule has 0 saturated carbocycles. The Morgan fingerprint density at radius 3 is 1.71 bits per heavy atom. The zero-order chi connectivity index (χ0) is 41.3. The Hall–Kier alpha value is -4.98. The topological polar surface area (TPSA) is 159 Å². The van der Waals surface area contributed by atoms with Crippen LogP contribution in [-0.2, 0) is 32.0 Å². The van der Waals surface area contributed by atoms with Gasteiger partial charge in [0.2, 0.25) is 23.6 Å². The van der Waals surface area contributed by atoms with Crippen LogP contribution in [-0.4, -0.2) is 96.8 Å². The number of hydrogen-bond acceptors (Lipinski definition) is 9. The molecule has 56 heavy (non-hydrogen) atoms. The van der Waals surface area contributed by atoms with Crippen molar-refractivity contribution < 1.29 is 33.4 Å². The Morgan fingerprint density at radius 2 is 1.21 bits per heavy atom. The molecule has 304 valence electrons. The van der Waals surface area contributed by atoms with Crippen LogP contribution in [0.2, 0.25) is 0 Å². The van der Waals surface area contributed by atoms with Crippen molar-refractivity contribution in [3.05, 3.63) is 75.7 Å². The molecule has 3 aromatic rings. The minimum Gasteiger partial charge on any atom is -0.497 e. The molecular weight excluding hydrogens is 733 g/mol. The zero-order valence-corrected chi connectivity index (χ0v) is 35.1.